The molecule has 0 aliphatic heterocycles. The predicted octanol–water partition coefficient (Wildman–Crippen LogP) is 4.73. The minimum absolute atomic E-state index is 0.0113. The van der Waals surface area contributed by atoms with E-state index in [0.717, 1.165) is 6.07 Å². The molecule has 0 saturated carbocycles. The quantitative estimate of drug-likeness (QED) is 0.795. The van der Waals surface area contributed by atoms with E-state index >= 15 is 0 Å². The molecule has 0 heterocycles. The molecule has 0 aliphatic rings. The Morgan fingerprint density at radius 3 is 2.28 bits per heavy atom. The summed E-state index contributed by atoms with van der Waals surface area (Å²) >= 11 is 5.73. The molecule has 2 aromatic carbocycles. The molecule has 1 N–H and O–H groups in total. The van der Waals surface area contributed by atoms with Gasteiger partial charge in [-0.05, 0) is 35.4 Å². The van der Waals surface area contributed by atoms with Crippen molar-refractivity contribution in [3.63, 3.8) is 0 Å². The first-order chi connectivity index (χ1) is 8.38. The highest BCUT2D eigenvalue weighted by molar-refractivity contribution is 6.31. The molecule has 0 fully saturated rings. The Kier molecular flexibility index (Phi) is 3.22. The lowest BCUT2D eigenvalue weighted by atomic mass is 9.99. The van der Waals surface area contributed by atoms with Crippen molar-refractivity contribution < 1.29 is 18.3 Å². The van der Waals surface area contributed by atoms with Crippen LogP contribution in [0.25, 0.3) is 11.1 Å². The van der Waals surface area contributed by atoms with E-state index in [1.54, 1.807) is 0 Å². The zero-order valence-corrected chi connectivity index (χ0v) is 9.76. The second-order valence-corrected chi connectivity index (χ2v) is 4.18. The second kappa shape index (κ2) is 4.53. The van der Waals surface area contributed by atoms with E-state index in [2.05, 4.69) is 0 Å². The fraction of sp³-hybridized carbons (Fsp3) is 0.0769. The number of halogens is 4. The molecule has 94 valence electrons. The highest BCUT2D eigenvalue weighted by Gasteiger charge is 2.33. The zero-order valence-electron chi connectivity index (χ0n) is 9.00. The van der Waals surface area contributed by atoms with Crippen molar-refractivity contribution >= 4 is 11.6 Å². The third-order valence-electron chi connectivity index (χ3n) is 2.43. The molecular weight excluding hydrogens is 265 g/mol. The Labute approximate surface area is 106 Å². The summed E-state index contributed by atoms with van der Waals surface area (Å²) in [6.45, 7) is 0. The van der Waals surface area contributed by atoms with Crippen LogP contribution in [0.3, 0.4) is 0 Å². The summed E-state index contributed by atoms with van der Waals surface area (Å²) in [7, 11) is 0. The molecule has 1 nitrogen and oxygen atoms in total. The van der Waals surface area contributed by atoms with E-state index in [4.69, 9.17) is 11.6 Å². The van der Waals surface area contributed by atoms with E-state index < -0.39 is 11.7 Å². The van der Waals surface area contributed by atoms with Gasteiger partial charge in [-0.3, -0.25) is 0 Å². The van der Waals surface area contributed by atoms with Crippen LogP contribution in [0.1, 0.15) is 5.56 Å². The number of aromatic hydroxyl groups is 1. The van der Waals surface area contributed by atoms with Gasteiger partial charge in [-0.15, -0.1) is 0 Å². The fourth-order valence-corrected chi connectivity index (χ4v) is 1.94. The average Bonchev–Trinajstić information content (AvgIpc) is 2.26. The summed E-state index contributed by atoms with van der Waals surface area (Å²) in [5, 5.41) is 9.57. The molecule has 0 saturated heterocycles. The first kappa shape index (κ1) is 12.8. The number of benzene rings is 2. The maximum absolute atomic E-state index is 12.8. The summed E-state index contributed by atoms with van der Waals surface area (Å²) in [6, 6.07) is 9.05. The molecule has 0 aromatic heterocycles. The molecule has 0 unspecified atom stereocenters. The standard InChI is InChI=1S/C13H8ClF3O/c14-9-5-8(6-10(18)7-9)11-3-1-2-4-12(11)13(15,16)17/h1-7,18H. The first-order valence-corrected chi connectivity index (χ1v) is 5.42. The Balaban J connectivity index is 2.64. The van der Waals surface area contributed by atoms with Gasteiger partial charge >= 0.3 is 6.18 Å². The van der Waals surface area contributed by atoms with Crippen LogP contribution in [0, 0.1) is 0 Å². The lowest BCUT2D eigenvalue weighted by Crippen LogP contribution is -2.06. The van der Waals surface area contributed by atoms with Crippen LogP contribution in [0.2, 0.25) is 5.02 Å². The summed E-state index contributed by atoms with van der Waals surface area (Å²) in [4.78, 5) is 0. The summed E-state index contributed by atoms with van der Waals surface area (Å²) in [5.41, 5.74) is -0.539. The lowest BCUT2D eigenvalue weighted by molar-refractivity contribution is -0.137. The van der Waals surface area contributed by atoms with Crippen molar-refractivity contribution in [2.24, 2.45) is 0 Å². The van der Waals surface area contributed by atoms with Crippen LogP contribution in [0.15, 0.2) is 42.5 Å². The van der Waals surface area contributed by atoms with E-state index in [0.29, 0.717) is 0 Å². The van der Waals surface area contributed by atoms with E-state index in [-0.39, 0.29) is 21.9 Å². The zero-order chi connectivity index (χ0) is 13.3. The predicted molar refractivity (Wildman–Crippen MR) is 63.6 cm³/mol. The van der Waals surface area contributed by atoms with Gasteiger partial charge in [0.25, 0.3) is 0 Å². The molecule has 5 heteroatoms. The van der Waals surface area contributed by atoms with Crippen LogP contribution in [0.4, 0.5) is 13.2 Å². The third kappa shape index (κ3) is 2.59. The number of hydrogen-bond donors (Lipinski definition) is 1. The molecular formula is C13H8ClF3O. The number of phenolic OH excluding ortho intramolecular Hbond substituents is 1. The molecule has 0 bridgehead atoms. The van der Waals surface area contributed by atoms with Crippen LogP contribution >= 0.6 is 11.6 Å². The smallest absolute Gasteiger partial charge is 0.417 e. The highest BCUT2D eigenvalue weighted by Crippen LogP contribution is 2.38. The summed E-state index contributed by atoms with van der Waals surface area (Å²) in [5.74, 6) is -0.172. The van der Waals surface area contributed by atoms with Gasteiger partial charge in [-0.2, -0.15) is 13.2 Å². The van der Waals surface area contributed by atoms with Crippen molar-refractivity contribution in [2.75, 3.05) is 0 Å². The third-order valence-corrected chi connectivity index (χ3v) is 2.64. The number of alkyl halides is 3. The van der Waals surface area contributed by atoms with Crippen LogP contribution in [-0.4, -0.2) is 5.11 Å². The van der Waals surface area contributed by atoms with Crippen LogP contribution in [-0.2, 0) is 6.18 Å². The molecule has 0 amide bonds. The van der Waals surface area contributed by atoms with Gasteiger partial charge < -0.3 is 5.11 Å². The van der Waals surface area contributed by atoms with E-state index in [9.17, 15) is 18.3 Å². The van der Waals surface area contributed by atoms with Crippen LogP contribution in [0.5, 0.6) is 5.75 Å². The molecule has 18 heavy (non-hydrogen) atoms. The number of phenols is 1. The monoisotopic (exact) mass is 272 g/mol. The minimum atomic E-state index is -4.45. The highest BCUT2D eigenvalue weighted by atomic mass is 35.5. The minimum Gasteiger partial charge on any atom is -0.508 e. The average molecular weight is 273 g/mol. The fourth-order valence-electron chi connectivity index (χ4n) is 1.71. The molecule has 0 atom stereocenters. The van der Waals surface area contributed by atoms with Crippen molar-refractivity contribution in [1.29, 1.82) is 0 Å². The van der Waals surface area contributed by atoms with E-state index in [1.807, 2.05) is 0 Å². The lowest BCUT2D eigenvalue weighted by Gasteiger charge is -2.13. The molecule has 2 rings (SSSR count). The van der Waals surface area contributed by atoms with Crippen LogP contribution < -0.4 is 0 Å². The number of rotatable bonds is 1. The topological polar surface area (TPSA) is 20.2 Å². The largest absolute Gasteiger partial charge is 0.508 e. The Morgan fingerprint density at radius 1 is 1.00 bits per heavy atom. The van der Waals surface area contributed by atoms with Gasteiger partial charge in [0, 0.05) is 5.02 Å². The van der Waals surface area contributed by atoms with Gasteiger partial charge in [0.05, 0.1) is 5.56 Å². The van der Waals surface area contributed by atoms with Crippen molar-refractivity contribution in [1.82, 2.24) is 0 Å². The summed E-state index contributed by atoms with van der Waals surface area (Å²) < 4.78 is 38.5. The number of hydrogen-bond acceptors (Lipinski definition) is 1. The van der Waals surface area contributed by atoms with Crippen molar-refractivity contribution in [3.8, 4) is 16.9 Å². The maximum atomic E-state index is 12.8. The SMILES string of the molecule is Oc1cc(Cl)cc(-c2ccccc2C(F)(F)F)c1. The van der Waals surface area contributed by atoms with Gasteiger partial charge in [0.1, 0.15) is 5.75 Å². The van der Waals surface area contributed by atoms with E-state index in [1.165, 1.54) is 36.4 Å². The first-order valence-electron chi connectivity index (χ1n) is 5.04. The normalized spacial score (nSPS) is 11.6. The molecule has 0 radical (unpaired) electrons. The van der Waals surface area contributed by atoms with Gasteiger partial charge in [0.15, 0.2) is 0 Å². The van der Waals surface area contributed by atoms with Gasteiger partial charge in [-0.25, -0.2) is 0 Å². The molecule has 0 aliphatic carbocycles. The Morgan fingerprint density at radius 2 is 1.67 bits per heavy atom. The maximum Gasteiger partial charge on any atom is 0.417 e. The summed E-state index contributed by atoms with van der Waals surface area (Å²) in [6.07, 6.45) is -4.45. The second-order valence-electron chi connectivity index (χ2n) is 3.74. The molecule has 2 aromatic rings. The Hall–Kier alpha value is -1.68. The van der Waals surface area contributed by atoms with Crippen molar-refractivity contribution in [2.45, 2.75) is 6.18 Å². The Bertz CT molecular complexity index is 558. The van der Waals surface area contributed by atoms with Gasteiger partial charge in [0.2, 0.25) is 0 Å². The van der Waals surface area contributed by atoms with Crippen molar-refractivity contribution in [3.05, 3.63) is 53.1 Å². The van der Waals surface area contributed by atoms with Gasteiger partial charge in [-0.1, -0.05) is 29.8 Å². The molecule has 0 spiro atoms.